The summed E-state index contributed by atoms with van der Waals surface area (Å²) in [6, 6.07) is 6.13. The molecule has 12 heteroatoms. The van der Waals surface area contributed by atoms with Gasteiger partial charge >= 0.3 is 18.0 Å². The Morgan fingerprint density at radius 1 is 1.13 bits per heavy atom. The van der Waals surface area contributed by atoms with Crippen molar-refractivity contribution in [2.24, 2.45) is 0 Å². The number of hydrogen-bond donors (Lipinski definition) is 2. The number of aryl methyl sites for hydroxylation is 1. The molecule has 0 atom stereocenters. The number of carbonyl (C=O) groups is 1. The molecule has 1 aromatic carbocycles. The molecule has 0 spiro atoms. The van der Waals surface area contributed by atoms with E-state index in [2.05, 4.69) is 0 Å². The Balaban J connectivity index is 2.60. The molecule has 0 aliphatic carbocycles. The maximum absolute atomic E-state index is 13.9. The number of rotatable bonds is 6. The van der Waals surface area contributed by atoms with Gasteiger partial charge in [-0.25, -0.2) is 0 Å². The van der Waals surface area contributed by atoms with Crippen LogP contribution in [-0.4, -0.2) is 31.0 Å². The van der Waals surface area contributed by atoms with Gasteiger partial charge in [-0.1, -0.05) is 6.92 Å². The molecular formula is C19H17F6N3O2S. The molecule has 1 amide bonds. The molecule has 1 aromatic heterocycles. The van der Waals surface area contributed by atoms with Crippen LogP contribution in [0.4, 0.5) is 31.3 Å². The summed E-state index contributed by atoms with van der Waals surface area (Å²) in [5, 5.41) is 11.1. The fourth-order valence-corrected chi connectivity index (χ4v) is 3.99. The lowest BCUT2D eigenvalue weighted by Crippen LogP contribution is -2.72. The number of anilines is 1. The zero-order chi connectivity index (χ0) is 23.6. The lowest BCUT2D eigenvalue weighted by Gasteiger charge is -2.38. The number of benzene rings is 1. The lowest BCUT2D eigenvalue weighted by molar-refractivity contribution is -0.293. The van der Waals surface area contributed by atoms with Gasteiger partial charge in [0.25, 0.3) is 5.91 Å². The van der Waals surface area contributed by atoms with E-state index in [1.54, 1.807) is 13.0 Å². The highest BCUT2D eigenvalue weighted by atomic mass is 32.1. The first-order chi connectivity index (χ1) is 14.3. The maximum atomic E-state index is 13.9. The Labute approximate surface area is 177 Å². The van der Waals surface area contributed by atoms with Crippen molar-refractivity contribution >= 4 is 22.2 Å². The summed E-state index contributed by atoms with van der Waals surface area (Å²) in [5.74, 6) is -1.36. The van der Waals surface area contributed by atoms with E-state index >= 15 is 0 Å². The molecule has 0 unspecified atom stereocenters. The second-order valence-electron chi connectivity index (χ2n) is 6.36. The fourth-order valence-electron chi connectivity index (χ4n) is 2.84. The summed E-state index contributed by atoms with van der Waals surface area (Å²) in [6.45, 7) is 3.10. The van der Waals surface area contributed by atoms with Crippen molar-refractivity contribution in [2.75, 3.05) is 12.4 Å². The molecule has 0 fully saturated rings. The predicted molar refractivity (Wildman–Crippen MR) is 102 cm³/mol. The van der Waals surface area contributed by atoms with Gasteiger partial charge in [0.2, 0.25) is 0 Å². The molecule has 1 heterocycles. The van der Waals surface area contributed by atoms with Gasteiger partial charge in [0.1, 0.15) is 16.8 Å². The van der Waals surface area contributed by atoms with Crippen molar-refractivity contribution in [2.45, 2.75) is 38.3 Å². The van der Waals surface area contributed by atoms with Gasteiger partial charge in [-0.2, -0.15) is 31.6 Å². The number of halogens is 6. The van der Waals surface area contributed by atoms with E-state index in [0.717, 1.165) is 17.4 Å². The van der Waals surface area contributed by atoms with Gasteiger partial charge in [-0.3, -0.25) is 4.79 Å². The predicted octanol–water partition coefficient (Wildman–Crippen LogP) is 5.16. The van der Waals surface area contributed by atoms with Crippen LogP contribution in [0.3, 0.4) is 0 Å². The number of alkyl halides is 6. The standard InChI is InChI=1S/C19H17F6N3O2S/c1-4-13-10(2)31-16(14(13)9-26)28-17(18(20,21)22,19(23,24)25)27-15(29)11-5-7-12(30-3)8-6-11/h5-8,28H,4H2,1-3H3,(H,27,29). The summed E-state index contributed by atoms with van der Waals surface area (Å²) in [4.78, 5) is 12.8. The Bertz CT molecular complexity index is 976. The Kier molecular flexibility index (Phi) is 6.80. The second kappa shape index (κ2) is 8.66. The summed E-state index contributed by atoms with van der Waals surface area (Å²) >= 11 is 0.576. The normalized spacial score (nSPS) is 12.3. The van der Waals surface area contributed by atoms with Crippen molar-refractivity contribution in [3.05, 3.63) is 45.8 Å². The number of amides is 1. The van der Waals surface area contributed by atoms with Crippen LogP contribution in [0.25, 0.3) is 0 Å². The average Bonchev–Trinajstić information content (AvgIpc) is 2.99. The molecule has 168 valence electrons. The fraction of sp³-hybridized carbons (Fsp3) is 0.368. The summed E-state index contributed by atoms with van der Waals surface area (Å²) < 4.78 is 88.1. The molecule has 2 aromatic rings. The van der Waals surface area contributed by atoms with Gasteiger partial charge in [0, 0.05) is 10.4 Å². The van der Waals surface area contributed by atoms with E-state index in [9.17, 15) is 36.4 Å². The molecule has 2 rings (SSSR count). The molecule has 0 saturated heterocycles. The third kappa shape index (κ3) is 4.56. The van der Waals surface area contributed by atoms with Crippen LogP contribution in [0, 0.1) is 18.3 Å². The lowest BCUT2D eigenvalue weighted by atomic mass is 10.1. The number of carbonyl (C=O) groups excluding carboxylic acids is 1. The maximum Gasteiger partial charge on any atom is 0.439 e. The highest BCUT2D eigenvalue weighted by Crippen LogP contribution is 2.46. The summed E-state index contributed by atoms with van der Waals surface area (Å²) in [6.07, 6.45) is -11.8. The number of nitrogens with one attached hydrogen (secondary N) is 2. The second-order valence-corrected chi connectivity index (χ2v) is 7.58. The van der Waals surface area contributed by atoms with Crippen molar-refractivity contribution in [1.29, 1.82) is 5.26 Å². The van der Waals surface area contributed by atoms with E-state index in [0.29, 0.717) is 21.8 Å². The monoisotopic (exact) mass is 465 g/mol. The van der Waals surface area contributed by atoms with E-state index in [-0.39, 0.29) is 17.7 Å². The van der Waals surface area contributed by atoms with Crippen LogP contribution in [0.5, 0.6) is 5.75 Å². The molecule has 0 bridgehead atoms. The molecule has 31 heavy (non-hydrogen) atoms. The van der Waals surface area contributed by atoms with Crippen LogP contribution in [0.1, 0.15) is 33.3 Å². The Morgan fingerprint density at radius 3 is 2.10 bits per heavy atom. The molecule has 0 radical (unpaired) electrons. The first kappa shape index (κ1) is 24.3. The Morgan fingerprint density at radius 2 is 1.68 bits per heavy atom. The van der Waals surface area contributed by atoms with Crippen LogP contribution in [0.15, 0.2) is 24.3 Å². The summed E-state index contributed by atoms with van der Waals surface area (Å²) in [7, 11) is 1.30. The molecular weight excluding hydrogens is 448 g/mol. The van der Waals surface area contributed by atoms with E-state index in [4.69, 9.17) is 4.74 Å². The van der Waals surface area contributed by atoms with Crippen LogP contribution in [0.2, 0.25) is 0 Å². The van der Waals surface area contributed by atoms with Gasteiger partial charge in [-0.05, 0) is 43.2 Å². The number of hydrogen-bond acceptors (Lipinski definition) is 5. The van der Waals surface area contributed by atoms with Crippen molar-refractivity contribution < 1.29 is 35.9 Å². The van der Waals surface area contributed by atoms with Crippen LogP contribution < -0.4 is 15.4 Å². The first-order valence-electron chi connectivity index (χ1n) is 8.71. The number of methoxy groups -OCH3 is 1. The van der Waals surface area contributed by atoms with E-state index < -0.39 is 34.5 Å². The first-order valence-corrected chi connectivity index (χ1v) is 9.53. The zero-order valence-corrected chi connectivity index (χ0v) is 17.3. The molecule has 5 nitrogen and oxygen atoms in total. The largest absolute Gasteiger partial charge is 0.497 e. The molecule has 2 N–H and O–H groups in total. The van der Waals surface area contributed by atoms with Gasteiger partial charge < -0.3 is 15.4 Å². The average molecular weight is 465 g/mol. The van der Waals surface area contributed by atoms with Crippen molar-refractivity contribution in [3.8, 4) is 11.8 Å². The number of nitriles is 1. The van der Waals surface area contributed by atoms with Crippen LogP contribution >= 0.6 is 11.3 Å². The number of thiophene rings is 1. The highest BCUT2D eigenvalue weighted by molar-refractivity contribution is 7.16. The van der Waals surface area contributed by atoms with E-state index in [1.165, 1.54) is 31.5 Å². The smallest absolute Gasteiger partial charge is 0.439 e. The minimum Gasteiger partial charge on any atom is -0.497 e. The SMILES string of the molecule is CCc1c(C)sc(NC(NC(=O)c2ccc(OC)cc2)(C(F)(F)F)C(F)(F)F)c1C#N. The van der Waals surface area contributed by atoms with Gasteiger partial charge in [-0.15, -0.1) is 11.3 Å². The van der Waals surface area contributed by atoms with E-state index in [1.807, 2.05) is 0 Å². The third-order valence-corrected chi connectivity index (χ3v) is 5.54. The quantitative estimate of drug-likeness (QED) is 0.457. The molecule has 0 aliphatic rings. The minimum absolute atomic E-state index is 0.232. The molecule has 0 saturated carbocycles. The zero-order valence-electron chi connectivity index (χ0n) is 16.5. The number of ether oxygens (including phenoxy) is 1. The van der Waals surface area contributed by atoms with Crippen molar-refractivity contribution in [1.82, 2.24) is 5.32 Å². The Hall–Kier alpha value is -2.94. The highest BCUT2D eigenvalue weighted by Gasteiger charge is 2.73. The number of nitrogens with zero attached hydrogens (tertiary/aromatic N) is 1. The third-order valence-electron chi connectivity index (χ3n) is 4.48. The van der Waals surface area contributed by atoms with Crippen molar-refractivity contribution in [3.63, 3.8) is 0 Å². The molecule has 0 aliphatic heterocycles. The summed E-state index contributed by atoms with van der Waals surface area (Å²) in [5.41, 5.74) is -5.28. The van der Waals surface area contributed by atoms with Crippen LogP contribution in [-0.2, 0) is 6.42 Å². The minimum atomic E-state index is -6.00. The van der Waals surface area contributed by atoms with Gasteiger partial charge in [0.15, 0.2) is 0 Å². The van der Waals surface area contributed by atoms with Gasteiger partial charge in [0.05, 0.1) is 12.7 Å². The topological polar surface area (TPSA) is 74.2 Å².